The molecule has 2 N–H and O–H groups in total. The van der Waals surface area contributed by atoms with Crippen LogP contribution in [0, 0.1) is 0 Å². The number of phenols is 1. The van der Waals surface area contributed by atoms with Crippen LogP contribution in [0.25, 0.3) is 0 Å². The van der Waals surface area contributed by atoms with E-state index in [1.807, 2.05) is 42.5 Å². The fourth-order valence-electron chi connectivity index (χ4n) is 2.97. The number of anilines is 1. The van der Waals surface area contributed by atoms with E-state index in [-0.39, 0.29) is 11.3 Å². The number of phenolic OH excluding ortho intramolecular Hbond substituents is 1. The van der Waals surface area contributed by atoms with Gasteiger partial charge in [0.2, 0.25) is 0 Å². The minimum atomic E-state index is -0.391. The third-order valence-electron chi connectivity index (χ3n) is 4.57. The summed E-state index contributed by atoms with van der Waals surface area (Å²) >= 11 is 5.80. The molecule has 6 heteroatoms. The number of methoxy groups -OCH3 is 2. The number of carbonyl (C=O) groups excluding carboxylic acids is 1. The molecule has 0 radical (unpaired) electrons. The lowest BCUT2D eigenvalue weighted by molar-refractivity contribution is 0.102. The van der Waals surface area contributed by atoms with E-state index >= 15 is 0 Å². The molecule has 0 saturated heterocycles. The van der Waals surface area contributed by atoms with E-state index in [9.17, 15) is 9.90 Å². The van der Waals surface area contributed by atoms with E-state index in [0.29, 0.717) is 22.2 Å². The lowest BCUT2D eigenvalue weighted by Gasteiger charge is -2.10. The molecular weight excluding hydrogens is 390 g/mol. The minimum absolute atomic E-state index is 0.151. The SMILES string of the molecule is COc1ccc(CCc2ccc(NC(=O)c3ccc(Cl)cc3O)cc2)cc1OC. The van der Waals surface area contributed by atoms with Gasteiger partial charge in [0.25, 0.3) is 5.91 Å². The molecule has 0 unspecified atom stereocenters. The lowest BCUT2D eigenvalue weighted by Crippen LogP contribution is -2.12. The highest BCUT2D eigenvalue weighted by Crippen LogP contribution is 2.28. The quantitative estimate of drug-likeness (QED) is 0.567. The fraction of sp³-hybridized carbons (Fsp3) is 0.174. The van der Waals surface area contributed by atoms with Gasteiger partial charge in [-0.2, -0.15) is 0 Å². The molecule has 0 aliphatic heterocycles. The van der Waals surface area contributed by atoms with Crippen molar-refractivity contribution >= 4 is 23.2 Å². The van der Waals surface area contributed by atoms with Crippen LogP contribution in [0.4, 0.5) is 5.69 Å². The molecule has 3 aromatic carbocycles. The van der Waals surface area contributed by atoms with Gasteiger partial charge in [-0.25, -0.2) is 0 Å². The topological polar surface area (TPSA) is 67.8 Å². The Morgan fingerprint density at radius 2 is 1.55 bits per heavy atom. The van der Waals surface area contributed by atoms with Crippen LogP contribution in [0.5, 0.6) is 17.2 Å². The van der Waals surface area contributed by atoms with Crippen LogP contribution in [0.1, 0.15) is 21.5 Å². The number of aromatic hydroxyl groups is 1. The van der Waals surface area contributed by atoms with Crippen LogP contribution in [-0.4, -0.2) is 25.2 Å². The maximum absolute atomic E-state index is 12.3. The molecule has 1 amide bonds. The van der Waals surface area contributed by atoms with Gasteiger partial charge in [-0.15, -0.1) is 0 Å². The van der Waals surface area contributed by atoms with E-state index in [2.05, 4.69) is 5.32 Å². The first-order valence-electron chi connectivity index (χ1n) is 9.10. The summed E-state index contributed by atoms with van der Waals surface area (Å²) in [7, 11) is 3.24. The first-order chi connectivity index (χ1) is 14.0. The van der Waals surface area contributed by atoms with Crippen LogP contribution < -0.4 is 14.8 Å². The summed E-state index contributed by atoms with van der Waals surface area (Å²) in [6.07, 6.45) is 1.70. The Bertz CT molecular complexity index is 1000. The van der Waals surface area contributed by atoms with E-state index in [0.717, 1.165) is 24.0 Å². The zero-order valence-corrected chi connectivity index (χ0v) is 17.0. The molecule has 29 heavy (non-hydrogen) atoms. The van der Waals surface area contributed by atoms with Crippen molar-refractivity contribution in [2.75, 3.05) is 19.5 Å². The Morgan fingerprint density at radius 3 is 2.21 bits per heavy atom. The van der Waals surface area contributed by atoms with Gasteiger partial charge in [0.05, 0.1) is 19.8 Å². The summed E-state index contributed by atoms with van der Waals surface area (Å²) in [5.74, 6) is 0.885. The Hall–Kier alpha value is -3.18. The van der Waals surface area contributed by atoms with Crippen molar-refractivity contribution < 1.29 is 19.4 Å². The molecule has 0 spiro atoms. The van der Waals surface area contributed by atoms with Crippen molar-refractivity contribution in [1.82, 2.24) is 0 Å². The number of ether oxygens (including phenoxy) is 2. The normalized spacial score (nSPS) is 10.4. The molecule has 0 bridgehead atoms. The Morgan fingerprint density at radius 1 is 0.897 bits per heavy atom. The average Bonchev–Trinajstić information content (AvgIpc) is 2.72. The highest BCUT2D eigenvalue weighted by molar-refractivity contribution is 6.31. The van der Waals surface area contributed by atoms with Crippen molar-refractivity contribution in [1.29, 1.82) is 0 Å². The molecule has 0 fully saturated rings. The molecule has 150 valence electrons. The standard InChI is InChI=1S/C23H22ClNO4/c1-28-21-12-7-16(13-22(21)29-2)4-3-15-5-9-18(10-6-15)25-23(27)19-11-8-17(24)14-20(19)26/h5-14,26H,3-4H2,1-2H3,(H,25,27). The summed E-state index contributed by atoms with van der Waals surface area (Å²) in [6.45, 7) is 0. The van der Waals surface area contributed by atoms with Gasteiger partial charge in [0, 0.05) is 10.7 Å². The van der Waals surface area contributed by atoms with Crippen LogP contribution in [-0.2, 0) is 12.8 Å². The summed E-state index contributed by atoms with van der Waals surface area (Å²) in [4.78, 5) is 12.3. The van der Waals surface area contributed by atoms with Crippen molar-refractivity contribution in [2.24, 2.45) is 0 Å². The largest absolute Gasteiger partial charge is 0.507 e. The first kappa shape index (κ1) is 20.6. The van der Waals surface area contributed by atoms with Crippen molar-refractivity contribution in [3.63, 3.8) is 0 Å². The van der Waals surface area contributed by atoms with E-state index in [1.54, 1.807) is 20.3 Å². The monoisotopic (exact) mass is 411 g/mol. The Labute approximate surface area is 174 Å². The minimum Gasteiger partial charge on any atom is -0.507 e. The number of amides is 1. The number of hydrogen-bond acceptors (Lipinski definition) is 4. The lowest BCUT2D eigenvalue weighted by atomic mass is 10.0. The fourth-order valence-corrected chi connectivity index (χ4v) is 3.14. The van der Waals surface area contributed by atoms with Crippen molar-refractivity contribution in [3.05, 3.63) is 82.4 Å². The van der Waals surface area contributed by atoms with E-state index < -0.39 is 5.91 Å². The molecular formula is C23H22ClNO4. The number of rotatable bonds is 7. The molecule has 0 aliphatic rings. The van der Waals surface area contributed by atoms with Crippen LogP contribution in [0.15, 0.2) is 60.7 Å². The molecule has 0 aromatic heterocycles. The second-order valence-corrected chi connectivity index (χ2v) is 6.94. The number of nitrogens with one attached hydrogen (secondary N) is 1. The summed E-state index contributed by atoms with van der Waals surface area (Å²) in [6, 6.07) is 17.9. The van der Waals surface area contributed by atoms with Crippen LogP contribution in [0.3, 0.4) is 0 Å². The predicted octanol–water partition coefficient (Wildman–Crippen LogP) is 5.10. The predicted molar refractivity (Wildman–Crippen MR) is 114 cm³/mol. The highest BCUT2D eigenvalue weighted by Gasteiger charge is 2.12. The number of halogens is 1. The Kier molecular flexibility index (Phi) is 6.62. The van der Waals surface area contributed by atoms with E-state index in [1.165, 1.54) is 12.1 Å². The van der Waals surface area contributed by atoms with Gasteiger partial charge in [0.15, 0.2) is 11.5 Å². The number of carbonyl (C=O) groups is 1. The van der Waals surface area contributed by atoms with Gasteiger partial charge in [0.1, 0.15) is 5.75 Å². The molecule has 3 rings (SSSR count). The van der Waals surface area contributed by atoms with Gasteiger partial charge < -0.3 is 19.9 Å². The van der Waals surface area contributed by atoms with Crippen molar-refractivity contribution in [3.8, 4) is 17.2 Å². The molecule has 0 heterocycles. The van der Waals surface area contributed by atoms with Gasteiger partial charge >= 0.3 is 0 Å². The summed E-state index contributed by atoms with van der Waals surface area (Å²) in [5, 5.41) is 13.0. The molecule has 0 saturated carbocycles. The average molecular weight is 412 g/mol. The van der Waals surface area contributed by atoms with Crippen molar-refractivity contribution in [2.45, 2.75) is 12.8 Å². The first-order valence-corrected chi connectivity index (χ1v) is 9.47. The molecule has 0 atom stereocenters. The zero-order valence-electron chi connectivity index (χ0n) is 16.2. The van der Waals surface area contributed by atoms with Crippen LogP contribution in [0.2, 0.25) is 5.02 Å². The van der Waals surface area contributed by atoms with Gasteiger partial charge in [-0.05, 0) is 66.4 Å². The summed E-state index contributed by atoms with van der Waals surface area (Å²) in [5.41, 5.74) is 3.12. The zero-order chi connectivity index (χ0) is 20.8. The van der Waals surface area contributed by atoms with E-state index in [4.69, 9.17) is 21.1 Å². The maximum Gasteiger partial charge on any atom is 0.259 e. The second kappa shape index (κ2) is 9.34. The second-order valence-electron chi connectivity index (χ2n) is 6.50. The van der Waals surface area contributed by atoms with Crippen LogP contribution >= 0.6 is 11.6 Å². The third-order valence-corrected chi connectivity index (χ3v) is 4.80. The number of aryl methyl sites for hydroxylation is 2. The molecule has 0 aliphatic carbocycles. The van der Waals surface area contributed by atoms with Gasteiger partial charge in [-0.3, -0.25) is 4.79 Å². The molecule has 5 nitrogen and oxygen atoms in total. The third kappa shape index (κ3) is 5.21. The molecule has 3 aromatic rings. The summed E-state index contributed by atoms with van der Waals surface area (Å²) < 4.78 is 10.6. The number of benzene rings is 3. The van der Waals surface area contributed by atoms with Gasteiger partial charge in [-0.1, -0.05) is 29.8 Å². The Balaban J connectivity index is 1.61. The highest BCUT2D eigenvalue weighted by atomic mass is 35.5. The number of hydrogen-bond donors (Lipinski definition) is 2. The smallest absolute Gasteiger partial charge is 0.259 e. The maximum atomic E-state index is 12.3.